The summed E-state index contributed by atoms with van der Waals surface area (Å²) in [6.07, 6.45) is 1.73. The molecule has 1 aromatic heterocycles. The summed E-state index contributed by atoms with van der Waals surface area (Å²) in [6, 6.07) is 4.14. The van der Waals surface area contributed by atoms with Gasteiger partial charge in [0.1, 0.15) is 5.15 Å². The Morgan fingerprint density at radius 1 is 1.50 bits per heavy atom. The lowest BCUT2D eigenvalue weighted by atomic mass is 10.2. The third-order valence-electron chi connectivity index (χ3n) is 1.33. The number of aromatic nitrogens is 1. The van der Waals surface area contributed by atoms with Crippen molar-refractivity contribution in [1.82, 2.24) is 10.3 Å². The van der Waals surface area contributed by atoms with E-state index in [0.717, 1.165) is 5.56 Å². The van der Waals surface area contributed by atoms with Crippen molar-refractivity contribution in [3.63, 3.8) is 0 Å². The van der Waals surface area contributed by atoms with Crippen LogP contribution >= 0.6 is 11.6 Å². The first-order valence-electron chi connectivity index (χ1n) is 3.89. The highest BCUT2D eigenvalue weighted by atomic mass is 35.5. The van der Waals surface area contributed by atoms with Crippen LogP contribution in [0.3, 0.4) is 0 Å². The minimum atomic E-state index is 0.445. The molecule has 0 spiro atoms. The molecule has 0 saturated carbocycles. The second kappa shape index (κ2) is 4.33. The van der Waals surface area contributed by atoms with Crippen LogP contribution < -0.4 is 5.32 Å². The molecule has 0 aromatic carbocycles. The minimum Gasteiger partial charge on any atom is -0.345 e. The maximum absolute atomic E-state index is 5.63. The van der Waals surface area contributed by atoms with Crippen molar-refractivity contribution in [2.45, 2.75) is 19.9 Å². The molecule has 0 aliphatic heterocycles. The molecule has 1 heterocycles. The van der Waals surface area contributed by atoms with E-state index in [1.165, 1.54) is 0 Å². The predicted molar refractivity (Wildman–Crippen MR) is 50.9 cm³/mol. The largest absolute Gasteiger partial charge is 0.345 e. The van der Waals surface area contributed by atoms with E-state index in [9.17, 15) is 0 Å². The molecule has 66 valence electrons. The van der Waals surface area contributed by atoms with Gasteiger partial charge in [-0.3, -0.25) is 0 Å². The Balaban J connectivity index is 2.48. The fourth-order valence-corrected chi connectivity index (χ4v) is 0.847. The Morgan fingerprint density at radius 3 is 2.75 bits per heavy atom. The van der Waals surface area contributed by atoms with Crippen LogP contribution in [0.4, 0.5) is 0 Å². The summed E-state index contributed by atoms with van der Waals surface area (Å²) in [5.74, 6) is 0. The number of pyridine rings is 1. The van der Waals surface area contributed by atoms with Gasteiger partial charge in [0.05, 0.1) is 0 Å². The number of rotatable bonds is 3. The quantitative estimate of drug-likeness (QED) is 0.575. The summed E-state index contributed by atoms with van der Waals surface area (Å²) in [5, 5.41) is 3.70. The van der Waals surface area contributed by atoms with Gasteiger partial charge < -0.3 is 10.3 Å². The van der Waals surface area contributed by atoms with Gasteiger partial charge in [-0.15, -0.1) is 6.54 Å². The Bertz CT molecular complexity index is 231. The average molecular weight is 184 g/mol. The third kappa shape index (κ3) is 3.11. The fourth-order valence-electron chi connectivity index (χ4n) is 0.736. The van der Waals surface area contributed by atoms with E-state index in [2.05, 4.69) is 24.1 Å². The molecule has 0 bridgehead atoms. The van der Waals surface area contributed by atoms with Crippen LogP contribution in [0, 0.1) is 6.54 Å². The SMILES string of the molecule is CC(C)N[CH-]c1ccc(Cl)nc1. The molecule has 0 unspecified atom stereocenters. The first-order valence-corrected chi connectivity index (χ1v) is 4.27. The molecule has 0 radical (unpaired) electrons. The Kier molecular flexibility index (Phi) is 3.38. The van der Waals surface area contributed by atoms with Crippen LogP contribution in [0.5, 0.6) is 0 Å². The number of nitrogens with one attached hydrogen (secondary N) is 1. The molecular weight excluding hydrogens is 172 g/mol. The number of hydrogen-bond donors (Lipinski definition) is 1. The molecule has 0 fully saturated rings. The van der Waals surface area contributed by atoms with E-state index in [4.69, 9.17) is 11.6 Å². The van der Waals surface area contributed by atoms with Gasteiger partial charge in [0.15, 0.2) is 0 Å². The van der Waals surface area contributed by atoms with Crippen molar-refractivity contribution in [1.29, 1.82) is 0 Å². The van der Waals surface area contributed by atoms with Crippen LogP contribution in [-0.4, -0.2) is 11.0 Å². The predicted octanol–water partition coefficient (Wildman–Crippen LogP) is 2.24. The maximum atomic E-state index is 5.63. The molecule has 2 nitrogen and oxygen atoms in total. The van der Waals surface area contributed by atoms with Crippen molar-refractivity contribution in [2.24, 2.45) is 0 Å². The van der Waals surface area contributed by atoms with Crippen LogP contribution in [0.15, 0.2) is 18.3 Å². The lowest BCUT2D eigenvalue weighted by Gasteiger charge is -2.13. The molecule has 3 heteroatoms. The number of hydrogen-bond acceptors (Lipinski definition) is 2. The second-order valence-corrected chi connectivity index (χ2v) is 3.27. The molecule has 12 heavy (non-hydrogen) atoms. The van der Waals surface area contributed by atoms with E-state index < -0.39 is 0 Å². The number of halogens is 1. The zero-order valence-electron chi connectivity index (χ0n) is 7.21. The normalized spacial score (nSPS) is 10.3. The fraction of sp³-hybridized carbons (Fsp3) is 0.333. The zero-order chi connectivity index (χ0) is 8.97. The molecule has 1 aromatic rings. The highest BCUT2D eigenvalue weighted by Gasteiger charge is 1.87. The highest BCUT2D eigenvalue weighted by Crippen LogP contribution is 2.05. The first-order chi connectivity index (χ1) is 5.68. The first kappa shape index (κ1) is 9.36. The summed E-state index contributed by atoms with van der Waals surface area (Å²) in [7, 11) is 0. The third-order valence-corrected chi connectivity index (χ3v) is 1.56. The summed E-state index contributed by atoms with van der Waals surface area (Å²) >= 11 is 5.63. The standard InChI is InChI=1S/C9H12ClN2/c1-7(2)11-5-8-3-4-9(10)12-6-8/h3-7,11H,1-2H3/q-1. The molecule has 1 N–H and O–H groups in total. The monoisotopic (exact) mass is 183 g/mol. The Hall–Kier alpha value is -0.730. The summed E-state index contributed by atoms with van der Waals surface area (Å²) in [4.78, 5) is 3.95. The number of nitrogens with zero attached hydrogens (tertiary/aromatic N) is 1. The smallest absolute Gasteiger partial charge is 0.103 e. The van der Waals surface area contributed by atoms with Gasteiger partial charge in [0.25, 0.3) is 0 Å². The maximum Gasteiger partial charge on any atom is 0.103 e. The molecule has 0 saturated heterocycles. The van der Waals surface area contributed by atoms with E-state index in [1.807, 2.05) is 12.6 Å². The van der Waals surface area contributed by atoms with Gasteiger partial charge in [0, 0.05) is 0 Å². The van der Waals surface area contributed by atoms with E-state index in [0.29, 0.717) is 11.2 Å². The van der Waals surface area contributed by atoms with Crippen molar-refractivity contribution in [3.05, 3.63) is 35.6 Å². The molecule has 0 amide bonds. The Morgan fingerprint density at radius 2 is 2.25 bits per heavy atom. The van der Waals surface area contributed by atoms with Crippen molar-refractivity contribution in [2.75, 3.05) is 0 Å². The van der Waals surface area contributed by atoms with E-state index in [-0.39, 0.29) is 0 Å². The molecule has 0 atom stereocenters. The van der Waals surface area contributed by atoms with Gasteiger partial charge in [-0.05, 0) is 6.04 Å². The van der Waals surface area contributed by atoms with Crippen molar-refractivity contribution in [3.8, 4) is 0 Å². The minimum absolute atomic E-state index is 0.445. The van der Waals surface area contributed by atoms with Crippen LogP contribution in [0.25, 0.3) is 0 Å². The van der Waals surface area contributed by atoms with Gasteiger partial charge in [-0.2, -0.15) is 11.6 Å². The van der Waals surface area contributed by atoms with Crippen LogP contribution in [0.1, 0.15) is 19.4 Å². The van der Waals surface area contributed by atoms with E-state index >= 15 is 0 Å². The zero-order valence-corrected chi connectivity index (χ0v) is 7.97. The van der Waals surface area contributed by atoms with Crippen LogP contribution in [0.2, 0.25) is 5.15 Å². The van der Waals surface area contributed by atoms with Crippen molar-refractivity contribution < 1.29 is 0 Å². The lowest BCUT2D eigenvalue weighted by Crippen LogP contribution is -2.19. The highest BCUT2D eigenvalue weighted by molar-refractivity contribution is 6.29. The summed E-state index contributed by atoms with van der Waals surface area (Å²) < 4.78 is 0. The molecule has 1 rings (SSSR count). The van der Waals surface area contributed by atoms with Crippen LogP contribution in [-0.2, 0) is 0 Å². The average Bonchev–Trinajstić information content (AvgIpc) is 2.03. The van der Waals surface area contributed by atoms with Gasteiger partial charge in [-0.1, -0.05) is 37.7 Å². The summed E-state index contributed by atoms with van der Waals surface area (Å²) in [5.41, 5.74) is 1.04. The van der Waals surface area contributed by atoms with Gasteiger partial charge in [0.2, 0.25) is 0 Å². The lowest BCUT2D eigenvalue weighted by molar-refractivity contribution is 0.672. The molecule has 0 aliphatic rings. The topological polar surface area (TPSA) is 24.9 Å². The van der Waals surface area contributed by atoms with E-state index in [1.54, 1.807) is 12.3 Å². The van der Waals surface area contributed by atoms with Gasteiger partial charge in [-0.25, -0.2) is 0 Å². The molecule has 0 aliphatic carbocycles. The van der Waals surface area contributed by atoms with Gasteiger partial charge >= 0.3 is 0 Å². The summed E-state index contributed by atoms with van der Waals surface area (Å²) in [6.45, 7) is 6.09. The Labute approximate surface area is 78.0 Å². The molecular formula is C9H12ClN2-. The van der Waals surface area contributed by atoms with Crippen molar-refractivity contribution >= 4 is 11.6 Å². The second-order valence-electron chi connectivity index (χ2n) is 2.88.